The van der Waals surface area contributed by atoms with Gasteiger partial charge in [-0.1, -0.05) is 36.4 Å². The highest BCUT2D eigenvalue weighted by molar-refractivity contribution is 8.01. The van der Waals surface area contributed by atoms with Gasteiger partial charge in [0.1, 0.15) is 5.54 Å². The van der Waals surface area contributed by atoms with Crippen LogP contribution >= 0.6 is 23.1 Å². The lowest BCUT2D eigenvalue weighted by atomic mass is 9.87. The van der Waals surface area contributed by atoms with Crippen molar-refractivity contribution in [3.63, 3.8) is 0 Å². The third-order valence-corrected chi connectivity index (χ3v) is 5.41. The van der Waals surface area contributed by atoms with E-state index in [1.807, 2.05) is 41.8 Å². The van der Waals surface area contributed by atoms with Crippen LogP contribution in [-0.4, -0.2) is 23.9 Å². The van der Waals surface area contributed by atoms with Gasteiger partial charge in [-0.15, -0.1) is 23.1 Å². The first kappa shape index (κ1) is 15.1. The molecule has 0 aliphatic carbocycles. The maximum Gasteiger partial charge on any atom is 0.328 e. The molecule has 0 spiro atoms. The van der Waals surface area contributed by atoms with Crippen LogP contribution in [0.5, 0.6) is 0 Å². The number of rotatable bonds is 7. The zero-order valence-corrected chi connectivity index (χ0v) is 12.8. The lowest BCUT2D eigenvalue weighted by Gasteiger charge is -2.29. The van der Waals surface area contributed by atoms with E-state index < -0.39 is 11.5 Å². The van der Waals surface area contributed by atoms with Gasteiger partial charge in [0.25, 0.3) is 0 Å². The first-order chi connectivity index (χ1) is 9.69. The fourth-order valence-electron chi connectivity index (χ4n) is 2.12. The van der Waals surface area contributed by atoms with Crippen molar-refractivity contribution in [3.8, 4) is 0 Å². The monoisotopic (exact) mass is 307 g/mol. The molecule has 3 nitrogen and oxygen atoms in total. The lowest BCUT2D eigenvalue weighted by molar-refractivity contribution is -0.145. The minimum atomic E-state index is -1.02. The van der Waals surface area contributed by atoms with Gasteiger partial charge in [-0.05, 0) is 30.5 Å². The SMILES string of the molecule is CNC(CCSc1cccs1)(C(=O)O)c1ccccc1. The maximum absolute atomic E-state index is 11.8. The lowest BCUT2D eigenvalue weighted by Crippen LogP contribution is -2.47. The third-order valence-electron chi connectivity index (χ3n) is 3.27. The number of thioether (sulfide) groups is 1. The quantitative estimate of drug-likeness (QED) is 0.770. The highest BCUT2D eigenvalue weighted by Crippen LogP contribution is 2.30. The molecule has 0 radical (unpaired) electrons. The second kappa shape index (κ2) is 6.92. The van der Waals surface area contributed by atoms with E-state index in [0.717, 1.165) is 11.3 Å². The molecular weight excluding hydrogens is 290 g/mol. The molecule has 1 unspecified atom stereocenters. The van der Waals surface area contributed by atoms with Crippen LogP contribution in [0.25, 0.3) is 0 Å². The molecule has 0 aliphatic heterocycles. The van der Waals surface area contributed by atoms with Gasteiger partial charge in [0.05, 0.1) is 4.21 Å². The van der Waals surface area contributed by atoms with Crippen molar-refractivity contribution in [1.29, 1.82) is 0 Å². The van der Waals surface area contributed by atoms with Crippen LogP contribution in [0, 0.1) is 0 Å². The number of hydrogen-bond acceptors (Lipinski definition) is 4. The van der Waals surface area contributed by atoms with E-state index in [9.17, 15) is 9.90 Å². The van der Waals surface area contributed by atoms with E-state index in [1.54, 1.807) is 30.1 Å². The van der Waals surface area contributed by atoms with E-state index in [2.05, 4.69) is 11.4 Å². The van der Waals surface area contributed by atoms with Gasteiger partial charge < -0.3 is 10.4 Å². The Morgan fingerprint density at radius 1 is 1.30 bits per heavy atom. The number of benzene rings is 1. The van der Waals surface area contributed by atoms with Crippen LogP contribution in [0.1, 0.15) is 12.0 Å². The molecule has 1 aromatic carbocycles. The highest BCUT2D eigenvalue weighted by Gasteiger charge is 2.38. The Morgan fingerprint density at radius 3 is 2.60 bits per heavy atom. The minimum Gasteiger partial charge on any atom is -0.480 e. The zero-order chi connectivity index (χ0) is 14.4. The smallest absolute Gasteiger partial charge is 0.328 e. The van der Waals surface area contributed by atoms with Crippen molar-refractivity contribution < 1.29 is 9.90 Å². The average molecular weight is 307 g/mol. The molecule has 5 heteroatoms. The standard InChI is InChI=1S/C15H17NO2S2/c1-16-15(14(17)18,12-6-3-2-4-7-12)9-11-20-13-8-5-10-19-13/h2-8,10,16H,9,11H2,1H3,(H,17,18). The number of carboxylic acids is 1. The molecule has 0 fully saturated rings. The Kier molecular flexibility index (Phi) is 5.23. The van der Waals surface area contributed by atoms with E-state index >= 15 is 0 Å². The van der Waals surface area contributed by atoms with Crippen LogP contribution < -0.4 is 5.32 Å². The summed E-state index contributed by atoms with van der Waals surface area (Å²) in [6.07, 6.45) is 0.533. The van der Waals surface area contributed by atoms with Crippen molar-refractivity contribution in [1.82, 2.24) is 5.32 Å². The van der Waals surface area contributed by atoms with Crippen LogP contribution in [0.3, 0.4) is 0 Å². The Bertz CT molecular complexity index is 542. The number of nitrogens with one attached hydrogen (secondary N) is 1. The Hall–Kier alpha value is -1.30. The average Bonchev–Trinajstić information content (AvgIpc) is 2.97. The van der Waals surface area contributed by atoms with Crippen LogP contribution in [0.2, 0.25) is 0 Å². The molecule has 106 valence electrons. The molecule has 0 aliphatic rings. The second-order valence-corrected chi connectivity index (χ2v) is 6.70. The summed E-state index contributed by atoms with van der Waals surface area (Å²) in [6.45, 7) is 0. The third kappa shape index (κ3) is 3.23. The largest absolute Gasteiger partial charge is 0.480 e. The molecule has 1 atom stereocenters. The van der Waals surface area contributed by atoms with E-state index in [0.29, 0.717) is 6.42 Å². The van der Waals surface area contributed by atoms with Gasteiger partial charge in [-0.2, -0.15) is 0 Å². The van der Waals surface area contributed by atoms with Gasteiger partial charge in [0.15, 0.2) is 0 Å². The molecule has 2 N–H and O–H groups in total. The van der Waals surface area contributed by atoms with E-state index in [-0.39, 0.29) is 0 Å². The first-order valence-electron chi connectivity index (χ1n) is 6.33. The molecule has 20 heavy (non-hydrogen) atoms. The van der Waals surface area contributed by atoms with E-state index in [4.69, 9.17) is 0 Å². The van der Waals surface area contributed by atoms with Gasteiger partial charge in [0, 0.05) is 5.75 Å². The number of likely N-dealkylation sites (N-methyl/N-ethyl adjacent to an activating group) is 1. The van der Waals surface area contributed by atoms with Gasteiger partial charge in [0.2, 0.25) is 0 Å². The van der Waals surface area contributed by atoms with Crippen LogP contribution in [0.15, 0.2) is 52.1 Å². The summed E-state index contributed by atoms with van der Waals surface area (Å²) in [6, 6.07) is 13.4. The summed E-state index contributed by atoms with van der Waals surface area (Å²) in [4.78, 5) is 11.8. The molecule has 0 saturated carbocycles. The fraction of sp³-hybridized carbons (Fsp3) is 0.267. The second-order valence-electron chi connectivity index (χ2n) is 4.36. The topological polar surface area (TPSA) is 49.3 Å². The predicted octanol–water partition coefficient (Wildman–Crippen LogP) is 3.43. The summed E-state index contributed by atoms with van der Waals surface area (Å²) >= 11 is 3.38. The van der Waals surface area contributed by atoms with Crippen LogP contribution in [0.4, 0.5) is 0 Å². The number of thiophene rings is 1. The maximum atomic E-state index is 11.8. The number of aliphatic carboxylic acids is 1. The molecule has 2 rings (SSSR count). The van der Waals surface area contributed by atoms with Crippen LogP contribution in [-0.2, 0) is 10.3 Å². The van der Waals surface area contributed by atoms with Crippen molar-refractivity contribution in [2.75, 3.05) is 12.8 Å². The molecule has 1 aromatic heterocycles. The molecule has 2 aromatic rings. The summed E-state index contributed by atoms with van der Waals surface area (Å²) < 4.78 is 1.22. The molecule has 1 heterocycles. The molecular formula is C15H17NO2S2. The van der Waals surface area contributed by atoms with Gasteiger partial charge in [-0.3, -0.25) is 0 Å². The summed E-state index contributed by atoms with van der Waals surface area (Å²) in [5.41, 5.74) is -0.229. The summed E-state index contributed by atoms with van der Waals surface area (Å²) in [5, 5.41) is 14.7. The van der Waals surface area contributed by atoms with Crippen molar-refractivity contribution in [2.45, 2.75) is 16.2 Å². The minimum absolute atomic E-state index is 0.533. The highest BCUT2D eigenvalue weighted by atomic mass is 32.2. The zero-order valence-electron chi connectivity index (χ0n) is 11.2. The van der Waals surface area contributed by atoms with Crippen molar-refractivity contribution >= 4 is 29.1 Å². The summed E-state index contributed by atoms with van der Waals surface area (Å²) in [7, 11) is 1.71. The number of carbonyl (C=O) groups is 1. The van der Waals surface area contributed by atoms with Gasteiger partial charge in [-0.25, -0.2) is 4.79 Å². The Balaban J connectivity index is 2.13. The fourth-order valence-corrected chi connectivity index (χ4v) is 4.05. The number of carboxylic acid groups (broad SMARTS) is 1. The normalized spacial score (nSPS) is 13.8. The number of hydrogen-bond donors (Lipinski definition) is 2. The Labute approximate surface area is 127 Å². The first-order valence-corrected chi connectivity index (χ1v) is 8.20. The summed E-state index contributed by atoms with van der Waals surface area (Å²) in [5.74, 6) is -0.0827. The van der Waals surface area contributed by atoms with E-state index in [1.165, 1.54) is 4.21 Å². The Morgan fingerprint density at radius 2 is 2.05 bits per heavy atom. The predicted molar refractivity (Wildman–Crippen MR) is 84.5 cm³/mol. The molecule has 0 saturated heterocycles. The van der Waals surface area contributed by atoms with Crippen molar-refractivity contribution in [2.24, 2.45) is 0 Å². The van der Waals surface area contributed by atoms with Gasteiger partial charge >= 0.3 is 5.97 Å². The van der Waals surface area contributed by atoms with Crippen molar-refractivity contribution in [3.05, 3.63) is 53.4 Å². The molecule has 0 amide bonds. The molecule has 0 bridgehead atoms.